The largest absolute Gasteiger partial charge is 0.370 e. The highest BCUT2D eigenvalue weighted by Gasteiger charge is 2.06. The zero-order valence-electron chi connectivity index (χ0n) is 10.3. The van der Waals surface area contributed by atoms with Crippen molar-refractivity contribution in [3.8, 4) is 0 Å². The van der Waals surface area contributed by atoms with Gasteiger partial charge in [-0.2, -0.15) is 5.10 Å². The molecule has 0 aromatic carbocycles. The van der Waals surface area contributed by atoms with E-state index < -0.39 is 10.8 Å². The van der Waals surface area contributed by atoms with Crippen LogP contribution in [0.4, 0.5) is 5.82 Å². The molecule has 0 bridgehead atoms. The van der Waals surface area contributed by atoms with Crippen molar-refractivity contribution in [2.45, 2.75) is 13.3 Å². The van der Waals surface area contributed by atoms with Gasteiger partial charge in [-0.25, -0.2) is 19.3 Å². The van der Waals surface area contributed by atoms with Gasteiger partial charge >= 0.3 is 5.69 Å². The summed E-state index contributed by atoms with van der Waals surface area (Å²) in [4.78, 5) is 15.7. The summed E-state index contributed by atoms with van der Waals surface area (Å²) in [5.41, 5.74) is 0.247. The molecule has 18 heavy (non-hydrogen) atoms. The third kappa shape index (κ3) is 2.76. The first-order valence-corrected chi connectivity index (χ1v) is 7.29. The van der Waals surface area contributed by atoms with Gasteiger partial charge in [0.1, 0.15) is 11.6 Å². The minimum absolute atomic E-state index is 0.289. The van der Waals surface area contributed by atoms with Crippen LogP contribution in [0.15, 0.2) is 10.9 Å². The summed E-state index contributed by atoms with van der Waals surface area (Å²) in [6, 6.07) is 1.70. The minimum atomic E-state index is -0.770. The number of nitrogens with one attached hydrogen (secondary N) is 2. The maximum atomic E-state index is 11.4. The lowest BCUT2D eigenvalue weighted by molar-refractivity contribution is 0.685. The van der Waals surface area contributed by atoms with E-state index in [0.717, 1.165) is 6.42 Å². The zero-order chi connectivity index (χ0) is 13.1. The van der Waals surface area contributed by atoms with Crippen LogP contribution in [0.3, 0.4) is 0 Å². The number of fused-ring (bicyclic) bond motifs is 1. The Morgan fingerprint density at radius 2 is 2.33 bits per heavy atom. The van der Waals surface area contributed by atoms with Gasteiger partial charge in [0.15, 0.2) is 5.65 Å². The topological polar surface area (TPSA) is 92.2 Å². The summed E-state index contributed by atoms with van der Waals surface area (Å²) in [6.45, 7) is 2.44. The van der Waals surface area contributed by atoms with E-state index in [1.807, 2.05) is 0 Å². The monoisotopic (exact) mass is 269 g/mol. The number of rotatable bonds is 5. The molecule has 8 heteroatoms. The van der Waals surface area contributed by atoms with Crippen molar-refractivity contribution in [2.24, 2.45) is 0 Å². The number of nitrogens with zero attached hydrogens (tertiary/aromatic N) is 3. The summed E-state index contributed by atoms with van der Waals surface area (Å²) < 4.78 is 12.3. The summed E-state index contributed by atoms with van der Waals surface area (Å²) in [5, 5.41) is 9.40. The lowest BCUT2D eigenvalue weighted by Crippen LogP contribution is -2.14. The van der Waals surface area contributed by atoms with Gasteiger partial charge in [0.05, 0.1) is 0 Å². The Kier molecular flexibility index (Phi) is 3.75. The predicted octanol–water partition coefficient (Wildman–Crippen LogP) is -0.0935. The number of aromatic amines is 1. The molecule has 0 aliphatic heterocycles. The molecule has 0 fully saturated rings. The molecule has 2 heterocycles. The highest BCUT2D eigenvalue weighted by molar-refractivity contribution is 7.84. The van der Waals surface area contributed by atoms with Gasteiger partial charge < -0.3 is 5.32 Å². The Labute approximate surface area is 106 Å². The second-order valence-electron chi connectivity index (χ2n) is 3.97. The van der Waals surface area contributed by atoms with Crippen molar-refractivity contribution >= 4 is 22.3 Å². The van der Waals surface area contributed by atoms with E-state index in [1.54, 1.807) is 19.2 Å². The molecule has 0 saturated heterocycles. The first-order chi connectivity index (χ1) is 8.58. The van der Waals surface area contributed by atoms with Gasteiger partial charge in [-0.3, -0.25) is 4.21 Å². The standard InChI is InChI=1S/C10H15N5O2S/c1-7-12-8(11-4-3-5-18(2)17)6-9-13-14-10(16)15(7)9/h6,11H,3-5H2,1-2H3,(H,14,16). The molecular formula is C10H15N5O2S. The zero-order valence-corrected chi connectivity index (χ0v) is 11.1. The van der Waals surface area contributed by atoms with Crippen LogP contribution in [0.1, 0.15) is 12.2 Å². The van der Waals surface area contributed by atoms with Gasteiger partial charge in [-0.05, 0) is 13.3 Å². The molecule has 0 saturated carbocycles. The molecule has 2 N–H and O–H groups in total. The molecule has 2 aromatic heterocycles. The van der Waals surface area contributed by atoms with Crippen LogP contribution in [0.25, 0.3) is 5.65 Å². The second-order valence-corrected chi connectivity index (χ2v) is 5.52. The van der Waals surface area contributed by atoms with Crippen LogP contribution >= 0.6 is 0 Å². The summed E-state index contributed by atoms with van der Waals surface area (Å²) in [7, 11) is -0.770. The normalized spacial score (nSPS) is 12.8. The Morgan fingerprint density at radius 1 is 1.56 bits per heavy atom. The highest BCUT2D eigenvalue weighted by atomic mass is 32.2. The van der Waals surface area contributed by atoms with E-state index in [1.165, 1.54) is 4.40 Å². The molecule has 0 spiro atoms. The number of hydrogen-bond acceptors (Lipinski definition) is 5. The van der Waals surface area contributed by atoms with Crippen molar-refractivity contribution < 1.29 is 4.21 Å². The smallest absolute Gasteiger partial charge is 0.349 e. The van der Waals surface area contributed by atoms with E-state index in [2.05, 4.69) is 20.5 Å². The third-order valence-corrected chi connectivity index (χ3v) is 3.35. The van der Waals surface area contributed by atoms with E-state index in [0.29, 0.717) is 29.6 Å². The van der Waals surface area contributed by atoms with Crippen molar-refractivity contribution in [3.63, 3.8) is 0 Å². The first kappa shape index (κ1) is 12.7. The fourth-order valence-electron chi connectivity index (χ4n) is 1.68. The molecule has 2 aromatic rings. The van der Waals surface area contributed by atoms with E-state index >= 15 is 0 Å². The van der Waals surface area contributed by atoms with Crippen LogP contribution in [-0.4, -0.2) is 42.3 Å². The fraction of sp³-hybridized carbons (Fsp3) is 0.500. The number of aromatic nitrogens is 4. The average Bonchev–Trinajstić information content (AvgIpc) is 2.67. The SMILES string of the molecule is Cc1nc(NCCCS(C)=O)cc2n[nH]c(=O)n12. The van der Waals surface area contributed by atoms with Crippen molar-refractivity contribution in [3.05, 3.63) is 22.4 Å². The molecule has 0 aliphatic carbocycles. The Bertz CT molecular complexity index is 633. The molecule has 1 unspecified atom stereocenters. The lowest BCUT2D eigenvalue weighted by atomic mass is 10.4. The van der Waals surface area contributed by atoms with Gasteiger partial charge in [-0.1, -0.05) is 0 Å². The Morgan fingerprint density at radius 3 is 3.06 bits per heavy atom. The molecule has 1 atom stereocenters. The van der Waals surface area contributed by atoms with E-state index in [9.17, 15) is 9.00 Å². The van der Waals surface area contributed by atoms with E-state index in [-0.39, 0.29) is 5.69 Å². The second kappa shape index (κ2) is 5.30. The van der Waals surface area contributed by atoms with Crippen molar-refractivity contribution in [1.29, 1.82) is 0 Å². The minimum Gasteiger partial charge on any atom is -0.370 e. The van der Waals surface area contributed by atoms with Crippen molar-refractivity contribution in [2.75, 3.05) is 23.9 Å². The number of aryl methyl sites for hydroxylation is 1. The maximum absolute atomic E-state index is 11.4. The fourth-order valence-corrected chi connectivity index (χ4v) is 2.23. The lowest BCUT2D eigenvalue weighted by Gasteiger charge is -2.06. The highest BCUT2D eigenvalue weighted by Crippen LogP contribution is 2.07. The number of anilines is 1. The average molecular weight is 269 g/mol. The summed E-state index contributed by atoms with van der Waals surface area (Å²) >= 11 is 0. The maximum Gasteiger partial charge on any atom is 0.349 e. The summed E-state index contributed by atoms with van der Waals surface area (Å²) in [6.07, 6.45) is 2.49. The number of H-pyrrole nitrogens is 1. The molecule has 0 amide bonds. The van der Waals surface area contributed by atoms with Crippen LogP contribution in [-0.2, 0) is 10.8 Å². The molecular weight excluding hydrogens is 254 g/mol. The van der Waals surface area contributed by atoms with Crippen LogP contribution in [0, 0.1) is 6.92 Å². The van der Waals surface area contributed by atoms with Gasteiger partial charge in [0.25, 0.3) is 0 Å². The Hall–Kier alpha value is -1.70. The van der Waals surface area contributed by atoms with Gasteiger partial charge in [0.2, 0.25) is 0 Å². The molecule has 98 valence electrons. The van der Waals surface area contributed by atoms with Gasteiger partial charge in [0, 0.05) is 35.4 Å². The van der Waals surface area contributed by atoms with Crippen LogP contribution in [0.5, 0.6) is 0 Å². The number of hydrogen-bond donors (Lipinski definition) is 2. The van der Waals surface area contributed by atoms with Crippen LogP contribution in [0.2, 0.25) is 0 Å². The first-order valence-electron chi connectivity index (χ1n) is 5.56. The molecule has 0 radical (unpaired) electrons. The van der Waals surface area contributed by atoms with E-state index in [4.69, 9.17) is 0 Å². The quantitative estimate of drug-likeness (QED) is 0.740. The Balaban J connectivity index is 2.10. The van der Waals surface area contributed by atoms with Gasteiger partial charge in [-0.15, -0.1) is 0 Å². The predicted molar refractivity (Wildman–Crippen MR) is 70.4 cm³/mol. The molecule has 2 rings (SSSR count). The van der Waals surface area contributed by atoms with Crippen LogP contribution < -0.4 is 11.0 Å². The summed E-state index contributed by atoms with van der Waals surface area (Å²) in [5.74, 6) is 1.91. The third-order valence-electron chi connectivity index (χ3n) is 2.48. The molecule has 7 nitrogen and oxygen atoms in total. The molecule has 0 aliphatic rings. The van der Waals surface area contributed by atoms with Crippen molar-refractivity contribution in [1.82, 2.24) is 19.6 Å².